The highest BCUT2D eigenvalue weighted by Crippen LogP contribution is 2.37. The highest BCUT2D eigenvalue weighted by Gasteiger charge is 2.25. The predicted octanol–water partition coefficient (Wildman–Crippen LogP) is 3.78. The van der Waals surface area contributed by atoms with E-state index in [1.54, 1.807) is 18.2 Å². The molecule has 5 nitrogen and oxygen atoms in total. The summed E-state index contributed by atoms with van der Waals surface area (Å²) in [4.78, 5) is 6.80. The summed E-state index contributed by atoms with van der Waals surface area (Å²) in [5, 5.41) is 19.6. The molecule has 27 heavy (non-hydrogen) atoms. The second-order valence-electron chi connectivity index (χ2n) is 6.84. The topological polar surface area (TPSA) is 86.2 Å². The van der Waals surface area contributed by atoms with Crippen molar-refractivity contribution >= 4 is 11.5 Å². The van der Waals surface area contributed by atoms with Crippen LogP contribution in [0.2, 0.25) is 0 Å². The van der Waals surface area contributed by atoms with E-state index in [-0.39, 0.29) is 11.6 Å². The molecule has 134 valence electrons. The fourth-order valence-corrected chi connectivity index (χ4v) is 3.72. The molecular weight excluding hydrogens is 336 g/mol. The van der Waals surface area contributed by atoms with Gasteiger partial charge in [0.15, 0.2) is 0 Å². The van der Waals surface area contributed by atoms with Crippen LogP contribution in [-0.4, -0.2) is 16.6 Å². The molecule has 0 atom stereocenters. The number of nitrogens with two attached hydrogens (primary N) is 1. The molecular formula is C22H20N4O. The molecule has 0 saturated carbocycles. The summed E-state index contributed by atoms with van der Waals surface area (Å²) in [6, 6.07) is 17.6. The van der Waals surface area contributed by atoms with Crippen LogP contribution < -0.4 is 10.6 Å². The lowest BCUT2D eigenvalue weighted by molar-refractivity contribution is 0.475. The largest absolute Gasteiger partial charge is 0.508 e. The van der Waals surface area contributed by atoms with Crippen LogP contribution in [0.4, 0.5) is 11.5 Å². The number of pyridine rings is 1. The normalized spacial score (nSPS) is 13.1. The van der Waals surface area contributed by atoms with Gasteiger partial charge in [0.1, 0.15) is 23.2 Å². The zero-order valence-corrected chi connectivity index (χ0v) is 15.1. The monoisotopic (exact) mass is 356 g/mol. The van der Waals surface area contributed by atoms with E-state index in [4.69, 9.17) is 5.73 Å². The van der Waals surface area contributed by atoms with Gasteiger partial charge in [-0.1, -0.05) is 24.3 Å². The molecule has 2 heterocycles. The average Bonchev–Trinajstić information content (AvgIpc) is 2.66. The first-order valence-corrected chi connectivity index (χ1v) is 8.89. The van der Waals surface area contributed by atoms with E-state index in [1.165, 1.54) is 5.56 Å². The smallest absolute Gasteiger partial charge is 0.142 e. The minimum atomic E-state index is 0.159. The van der Waals surface area contributed by atoms with Crippen molar-refractivity contribution < 1.29 is 5.11 Å². The molecule has 1 aromatic heterocycles. The fraction of sp³-hybridized carbons (Fsp3) is 0.182. The Morgan fingerprint density at radius 3 is 2.74 bits per heavy atom. The standard InChI is InChI=1S/C22H20N4O/c1-14-4-2-6-16(10-14)26-9-8-20-19(13-26)21(18(12-23)22(24)25-20)15-5-3-7-17(27)11-15/h2-7,10-11,27H,8-9,13H2,1H3,(H2,24,25). The molecule has 4 rings (SSSR count). The number of aryl methyl sites for hydroxylation is 1. The Bertz CT molecular complexity index is 1070. The van der Waals surface area contributed by atoms with Crippen molar-refractivity contribution in [3.8, 4) is 22.9 Å². The molecule has 0 aliphatic carbocycles. The Hall–Kier alpha value is -3.52. The van der Waals surface area contributed by atoms with Crippen LogP contribution in [0.5, 0.6) is 5.75 Å². The highest BCUT2D eigenvalue weighted by molar-refractivity contribution is 5.80. The molecule has 0 saturated heterocycles. The fourth-order valence-electron chi connectivity index (χ4n) is 3.72. The number of nitrogen functional groups attached to an aromatic ring is 1. The molecule has 1 aliphatic rings. The molecule has 2 aromatic carbocycles. The molecule has 0 amide bonds. The third-order valence-electron chi connectivity index (χ3n) is 4.99. The first-order valence-electron chi connectivity index (χ1n) is 8.89. The highest BCUT2D eigenvalue weighted by atomic mass is 16.3. The number of nitriles is 1. The second-order valence-corrected chi connectivity index (χ2v) is 6.84. The zero-order valence-electron chi connectivity index (χ0n) is 15.1. The van der Waals surface area contributed by atoms with Gasteiger partial charge >= 0.3 is 0 Å². The number of nitrogens with zero attached hydrogens (tertiary/aromatic N) is 3. The SMILES string of the molecule is Cc1cccc(N2CCc3nc(N)c(C#N)c(-c4cccc(O)c4)c3C2)c1. The van der Waals surface area contributed by atoms with Crippen LogP contribution in [0.3, 0.4) is 0 Å². The number of aromatic hydroxyl groups is 1. The van der Waals surface area contributed by atoms with Crippen molar-refractivity contribution in [3.63, 3.8) is 0 Å². The van der Waals surface area contributed by atoms with E-state index in [1.807, 2.05) is 6.07 Å². The van der Waals surface area contributed by atoms with Crippen LogP contribution in [-0.2, 0) is 13.0 Å². The minimum Gasteiger partial charge on any atom is -0.508 e. The van der Waals surface area contributed by atoms with Gasteiger partial charge in [0, 0.05) is 36.3 Å². The lowest BCUT2D eigenvalue weighted by atomic mass is 9.90. The third kappa shape index (κ3) is 3.06. The Morgan fingerprint density at radius 2 is 2.00 bits per heavy atom. The lowest BCUT2D eigenvalue weighted by Crippen LogP contribution is -2.32. The predicted molar refractivity (Wildman–Crippen MR) is 106 cm³/mol. The van der Waals surface area contributed by atoms with Gasteiger partial charge in [0.05, 0.1) is 5.69 Å². The van der Waals surface area contributed by atoms with Gasteiger partial charge in [0.2, 0.25) is 0 Å². The first-order chi connectivity index (χ1) is 13.1. The molecule has 0 bridgehead atoms. The quantitative estimate of drug-likeness (QED) is 0.730. The zero-order chi connectivity index (χ0) is 19.0. The van der Waals surface area contributed by atoms with E-state index in [0.29, 0.717) is 12.1 Å². The molecule has 0 spiro atoms. The maximum Gasteiger partial charge on any atom is 0.142 e. The summed E-state index contributed by atoms with van der Waals surface area (Å²) in [7, 11) is 0. The summed E-state index contributed by atoms with van der Waals surface area (Å²) >= 11 is 0. The van der Waals surface area contributed by atoms with Gasteiger partial charge in [-0.2, -0.15) is 5.26 Å². The number of anilines is 2. The van der Waals surface area contributed by atoms with E-state index in [0.717, 1.165) is 41.0 Å². The second kappa shape index (κ2) is 6.65. The van der Waals surface area contributed by atoms with Crippen molar-refractivity contribution in [2.24, 2.45) is 0 Å². The number of hydrogen-bond donors (Lipinski definition) is 2. The summed E-state index contributed by atoms with van der Waals surface area (Å²) in [6.07, 6.45) is 0.755. The maximum absolute atomic E-state index is 9.93. The van der Waals surface area contributed by atoms with Crippen molar-refractivity contribution in [1.29, 1.82) is 5.26 Å². The third-order valence-corrected chi connectivity index (χ3v) is 4.99. The number of rotatable bonds is 2. The van der Waals surface area contributed by atoms with Gasteiger partial charge in [-0.05, 0) is 42.3 Å². The van der Waals surface area contributed by atoms with E-state index >= 15 is 0 Å². The van der Waals surface area contributed by atoms with Crippen molar-refractivity contribution in [3.05, 3.63) is 70.9 Å². The molecule has 0 fully saturated rings. The van der Waals surface area contributed by atoms with Crippen LogP contribution >= 0.6 is 0 Å². The molecule has 1 aliphatic heterocycles. The Balaban J connectivity index is 1.88. The van der Waals surface area contributed by atoms with Crippen LogP contribution in [0.1, 0.15) is 22.4 Å². The van der Waals surface area contributed by atoms with Gasteiger partial charge < -0.3 is 15.7 Å². The molecule has 0 unspecified atom stereocenters. The van der Waals surface area contributed by atoms with Gasteiger partial charge in [-0.25, -0.2) is 4.98 Å². The van der Waals surface area contributed by atoms with Crippen LogP contribution in [0.15, 0.2) is 48.5 Å². The number of phenols is 1. The molecule has 3 aromatic rings. The minimum absolute atomic E-state index is 0.159. The lowest BCUT2D eigenvalue weighted by Gasteiger charge is -2.32. The summed E-state index contributed by atoms with van der Waals surface area (Å²) in [5.74, 6) is 0.408. The Labute approximate surface area is 158 Å². The molecule has 0 radical (unpaired) electrons. The summed E-state index contributed by atoms with van der Waals surface area (Å²) in [5.41, 5.74) is 12.3. The van der Waals surface area contributed by atoms with Gasteiger partial charge in [-0.3, -0.25) is 0 Å². The number of aromatic nitrogens is 1. The Kier molecular flexibility index (Phi) is 4.17. The maximum atomic E-state index is 9.93. The van der Waals surface area contributed by atoms with Gasteiger partial charge in [0.25, 0.3) is 0 Å². The van der Waals surface area contributed by atoms with E-state index in [9.17, 15) is 10.4 Å². The number of fused-ring (bicyclic) bond motifs is 1. The van der Waals surface area contributed by atoms with Crippen LogP contribution in [0.25, 0.3) is 11.1 Å². The van der Waals surface area contributed by atoms with Gasteiger partial charge in [-0.15, -0.1) is 0 Å². The molecule has 3 N–H and O–H groups in total. The van der Waals surface area contributed by atoms with Crippen molar-refractivity contribution in [1.82, 2.24) is 4.98 Å². The number of benzene rings is 2. The average molecular weight is 356 g/mol. The Morgan fingerprint density at radius 1 is 1.19 bits per heavy atom. The van der Waals surface area contributed by atoms with E-state index < -0.39 is 0 Å². The van der Waals surface area contributed by atoms with Crippen molar-refractivity contribution in [2.45, 2.75) is 19.9 Å². The molecule has 5 heteroatoms. The summed E-state index contributed by atoms with van der Waals surface area (Å²) in [6.45, 7) is 3.57. The first kappa shape index (κ1) is 16.9. The van der Waals surface area contributed by atoms with E-state index in [2.05, 4.69) is 47.1 Å². The summed E-state index contributed by atoms with van der Waals surface area (Å²) < 4.78 is 0. The number of hydrogen-bond acceptors (Lipinski definition) is 5. The van der Waals surface area contributed by atoms with Crippen molar-refractivity contribution in [2.75, 3.05) is 17.2 Å². The van der Waals surface area contributed by atoms with Crippen LogP contribution in [0, 0.1) is 18.3 Å². The number of phenolic OH excluding ortho intramolecular Hbond substituents is 1.